The molecule has 2 aromatic rings. The first-order valence-electron chi connectivity index (χ1n) is 6.34. The Hall–Kier alpha value is -1.26. The normalized spacial score (nSPS) is 15.0. The van der Waals surface area contributed by atoms with Crippen molar-refractivity contribution in [3.63, 3.8) is 0 Å². The van der Waals surface area contributed by atoms with Crippen LogP contribution in [0.4, 0.5) is 0 Å². The van der Waals surface area contributed by atoms with E-state index in [9.17, 15) is 0 Å². The van der Waals surface area contributed by atoms with E-state index in [0.717, 1.165) is 23.3 Å². The van der Waals surface area contributed by atoms with Gasteiger partial charge in [0, 0.05) is 35.4 Å². The molecular formula is C14H17N3S. The monoisotopic (exact) mass is 259 g/mol. The Labute approximate surface area is 111 Å². The second-order valence-electron chi connectivity index (χ2n) is 4.87. The molecule has 4 heteroatoms. The highest BCUT2D eigenvalue weighted by Crippen LogP contribution is 2.30. The van der Waals surface area contributed by atoms with E-state index in [1.807, 2.05) is 18.5 Å². The number of hydrogen-bond acceptors (Lipinski definition) is 4. The van der Waals surface area contributed by atoms with Crippen LogP contribution in [-0.4, -0.2) is 16.0 Å². The molecule has 3 nitrogen and oxygen atoms in total. The molecule has 18 heavy (non-hydrogen) atoms. The second-order valence-corrected chi connectivity index (χ2v) is 5.96. The standard InChI is InChI=1S/C14H17N3S/c1-9-7-15-6-5-12(9)14-17-10(2)13(18-14)8-16-11-3-4-11/h5-7,11,16H,3-4,8H2,1-2H3. The lowest BCUT2D eigenvalue weighted by molar-refractivity contribution is 0.691. The predicted molar refractivity (Wildman–Crippen MR) is 74.7 cm³/mol. The van der Waals surface area contributed by atoms with E-state index in [0.29, 0.717) is 0 Å². The van der Waals surface area contributed by atoms with Crippen LogP contribution in [0.5, 0.6) is 0 Å². The lowest BCUT2D eigenvalue weighted by Crippen LogP contribution is -2.14. The highest BCUT2D eigenvalue weighted by atomic mass is 32.1. The summed E-state index contributed by atoms with van der Waals surface area (Å²) in [4.78, 5) is 10.2. The quantitative estimate of drug-likeness (QED) is 0.917. The van der Waals surface area contributed by atoms with Crippen LogP contribution in [0.1, 0.15) is 29.0 Å². The summed E-state index contributed by atoms with van der Waals surface area (Å²) in [7, 11) is 0. The van der Waals surface area contributed by atoms with Crippen molar-refractivity contribution in [2.45, 2.75) is 39.3 Å². The van der Waals surface area contributed by atoms with Crippen molar-refractivity contribution in [3.8, 4) is 10.6 Å². The molecule has 0 aromatic carbocycles. The molecule has 94 valence electrons. The number of aryl methyl sites for hydroxylation is 2. The summed E-state index contributed by atoms with van der Waals surface area (Å²) < 4.78 is 0. The Morgan fingerprint density at radius 3 is 2.94 bits per heavy atom. The van der Waals surface area contributed by atoms with Crippen LogP contribution in [-0.2, 0) is 6.54 Å². The van der Waals surface area contributed by atoms with E-state index in [1.54, 1.807) is 11.3 Å². The molecule has 0 radical (unpaired) electrons. The van der Waals surface area contributed by atoms with E-state index in [1.165, 1.54) is 28.8 Å². The van der Waals surface area contributed by atoms with Gasteiger partial charge in [-0.25, -0.2) is 4.98 Å². The average Bonchev–Trinajstić information content (AvgIpc) is 3.11. The van der Waals surface area contributed by atoms with Gasteiger partial charge in [0.25, 0.3) is 0 Å². The van der Waals surface area contributed by atoms with Crippen LogP contribution in [0.3, 0.4) is 0 Å². The largest absolute Gasteiger partial charge is 0.309 e. The molecule has 0 aliphatic heterocycles. The number of pyridine rings is 1. The number of thiazole rings is 1. The zero-order valence-electron chi connectivity index (χ0n) is 10.7. The van der Waals surface area contributed by atoms with Gasteiger partial charge in [-0.15, -0.1) is 11.3 Å². The maximum Gasteiger partial charge on any atom is 0.124 e. The molecule has 1 fully saturated rings. The maximum absolute atomic E-state index is 4.69. The first-order valence-corrected chi connectivity index (χ1v) is 7.16. The Kier molecular flexibility index (Phi) is 3.14. The summed E-state index contributed by atoms with van der Waals surface area (Å²) in [6, 6.07) is 2.80. The SMILES string of the molecule is Cc1cnccc1-c1nc(C)c(CNC2CC2)s1. The summed E-state index contributed by atoms with van der Waals surface area (Å²) >= 11 is 1.80. The van der Waals surface area contributed by atoms with E-state index in [4.69, 9.17) is 4.98 Å². The zero-order chi connectivity index (χ0) is 12.5. The number of rotatable bonds is 4. The summed E-state index contributed by atoms with van der Waals surface area (Å²) in [5, 5.41) is 4.66. The second kappa shape index (κ2) is 4.78. The van der Waals surface area contributed by atoms with Crippen LogP contribution >= 0.6 is 11.3 Å². The van der Waals surface area contributed by atoms with Gasteiger partial charge in [0.2, 0.25) is 0 Å². The molecule has 1 saturated carbocycles. The molecule has 0 spiro atoms. The fourth-order valence-electron chi connectivity index (χ4n) is 1.95. The van der Waals surface area contributed by atoms with Gasteiger partial charge in [0.05, 0.1) is 5.69 Å². The van der Waals surface area contributed by atoms with Crippen LogP contribution in [0.2, 0.25) is 0 Å². The highest BCUT2D eigenvalue weighted by Gasteiger charge is 2.21. The fourth-order valence-corrected chi connectivity index (χ4v) is 3.05. The Balaban J connectivity index is 1.84. The first kappa shape index (κ1) is 11.8. The van der Waals surface area contributed by atoms with E-state index in [-0.39, 0.29) is 0 Å². The van der Waals surface area contributed by atoms with Crippen molar-refractivity contribution in [3.05, 3.63) is 34.6 Å². The minimum Gasteiger partial charge on any atom is -0.309 e. The first-order chi connectivity index (χ1) is 8.74. The average molecular weight is 259 g/mol. The van der Waals surface area contributed by atoms with Gasteiger partial charge in [-0.3, -0.25) is 4.98 Å². The lowest BCUT2D eigenvalue weighted by atomic mass is 10.2. The summed E-state index contributed by atoms with van der Waals surface area (Å²) in [5.41, 5.74) is 3.54. The van der Waals surface area contributed by atoms with Crippen LogP contribution < -0.4 is 5.32 Å². The van der Waals surface area contributed by atoms with Crippen LogP contribution in [0.25, 0.3) is 10.6 Å². The van der Waals surface area contributed by atoms with Crippen molar-refractivity contribution >= 4 is 11.3 Å². The van der Waals surface area contributed by atoms with Gasteiger partial charge >= 0.3 is 0 Å². The van der Waals surface area contributed by atoms with Gasteiger partial charge in [-0.05, 0) is 38.3 Å². The van der Waals surface area contributed by atoms with E-state index in [2.05, 4.69) is 24.1 Å². The molecule has 2 aromatic heterocycles. The molecule has 1 aliphatic rings. The van der Waals surface area contributed by atoms with E-state index >= 15 is 0 Å². The van der Waals surface area contributed by atoms with Crippen molar-refractivity contribution in [1.82, 2.24) is 15.3 Å². The number of nitrogens with zero attached hydrogens (tertiary/aromatic N) is 2. The lowest BCUT2D eigenvalue weighted by Gasteiger charge is -2.00. The highest BCUT2D eigenvalue weighted by molar-refractivity contribution is 7.15. The molecule has 0 bridgehead atoms. The topological polar surface area (TPSA) is 37.8 Å². The number of aromatic nitrogens is 2. The summed E-state index contributed by atoms with van der Waals surface area (Å²) in [5.74, 6) is 0. The predicted octanol–water partition coefficient (Wildman–Crippen LogP) is 3.07. The minimum absolute atomic E-state index is 0.748. The van der Waals surface area contributed by atoms with Crippen molar-refractivity contribution < 1.29 is 0 Å². The third-order valence-electron chi connectivity index (χ3n) is 3.27. The Morgan fingerprint density at radius 1 is 1.39 bits per heavy atom. The van der Waals surface area contributed by atoms with Gasteiger partial charge in [0.15, 0.2) is 0 Å². The number of nitrogens with one attached hydrogen (secondary N) is 1. The van der Waals surface area contributed by atoms with Crippen LogP contribution in [0.15, 0.2) is 18.5 Å². The molecule has 0 saturated heterocycles. The van der Waals surface area contributed by atoms with Crippen molar-refractivity contribution in [1.29, 1.82) is 0 Å². The van der Waals surface area contributed by atoms with Gasteiger partial charge in [-0.2, -0.15) is 0 Å². The molecule has 2 heterocycles. The molecule has 0 atom stereocenters. The Morgan fingerprint density at radius 2 is 2.22 bits per heavy atom. The minimum atomic E-state index is 0.748. The molecule has 0 amide bonds. The molecule has 0 unspecified atom stereocenters. The van der Waals surface area contributed by atoms with E-state index < -0.39 is 0 Å². The fraction of sp³-hybridized carbons (Fsp3) is 0.429. The zero-order valence-corrected chi connectivity index (χ0v) is 11.5. The van der Waals surface area contributed by atoms with Crippen LogP contribution in [0, 0.1) is 13.8 Å². The maximum atomic E-state index is 4.69. The summed E-state index contributed by atoms with van der Waals surface area (Å²) in [6.45, 7) is 5.14. The smallest absolute Gasteiger partial charge is 0.124 e. The number of hydrogen-bond donors (Lipinski definition) is 1. The Bertz CT molecular complexity index is 558. The third kappa shape index (κ3) is 2.44. The molecule has 1 aliphatic carbocycles. The van der Waals surface area contributed by atoms with Gasteiger partial charge in [0.1, 0.15) is 5.01 Å². The molecule has 3 rings (SSSR count). The van der Waals surface area contributed by atoms with Gasteiger partial charge in [-0.1, -0.05) is 0 Å². The van der Waals surface area contributed by atoms with Crippen molar-refractivity contribution in [2.24, 2.45) is 0 Å². The molecular weight excluding hydrogens is 242 g/mol. The van der Waals surface area contributed by atoms with Crippen molar-refractivity contribution in [2.75, 3.05) is 0 Å². The summed E-state index contributed by atoms with van der Waals surface area (Å²) in [6.07, 6.45) is 6.39. The third-order valence-corrected chi connectivity index (χ3v) is 4.46. The molecule has 1 N–H and O–H groups in total. The van der Waals surface area contributed by atoms with Gasteiger partial charge < -0.3 is 5.32 Å².